The van der Waals surface area contributed by atoms with E-state index in [0.717, 1.165) is 29.0 Å². The molecular formula is C25H30O2. The summed E-state index contributed by atoms with van der Waals surface area (Å²) >= 11 is 0. The van der Waals surface area contributed by atoms with E-state index in [1.807, 2.05) is 0 Å². The van der Waals surface area contributed by atoms with Crippen molar-refractivity contribution in [3.05, 3.63) is 58.7 Å². The fourth-order valence-corrected chi connectivity index (χ4v) is 3.00. The summed E-state index contributed by atoms with van der Waals surface area (Å²) in [4.78, 5) is 0. The highest BCUT2D eigenvalue weighted by Gasteiger charge is 2.17. The van der Waals surface area contributed by atoms with Crippen LogP contribution in [0.2, 0.25) is 0 Å². The predicted octanol–water partition coefficient (Wildman–Crippen LogP) is 5.84. The lowest BCUT2D eigenvalue weighted by Gasteiger charge is -2.20. The molecule has 142 valence electrons. The smallest absolute Gasteiger partial charge is 0.134 e. The van der Waals surface area contributed by atoms with Crippen LogP contribution in [0.1, 0.15) is 70.2 Å². The molecule has 0 fully saturated rings. The van der Waals surface area contributed by atoms with Gasteiger partial charge in [0.25, 0.3) is 0 Å². The van der Waals surface area contributed by atoms with Gasteiger partial charge in [0.15, 0.2) is 0 Å². The molecule has 0 radical (unpaired) electrons. The molecule has 3 rings (SSSR count). The molecule has 0 bridgehead atoms. The molecule has 0 saturated heterocycles. The molecule has 0 aromatic heterocycles. The fourth-order valence-electron chi connectivity index (χ4n) is 3.00. The average molecular weight is 363 g/mol. The molecule has 0 amide bonds. The Labute approximate surface area is 163 Å². The standard InChI is InChI=1S/C25H30O2/c1-24(2,3)20-10-12-22-18(16-20)8-9-19-17-21(25(4,5)6)11-13-23(19)27-15-7-14-26-22/h10-13,16-17H,7,14-15H2,1-6H3. The first-order chi connectivity index (χ1) is 12.6. The van der Waals surface area contributed by atoms with Gasteiger partial charge in [0.1, 0.15) is 11.5 Å². The minimum atomic E-state index is 0.0728. The number of hydrogen-bond acceptors (Lipinski definition) is 2. The van der Waals surface area contributed by atoms with Crippen molar-refractivity contribution in [2.45, 2.75) is 58.8 Å². The van der Waals surface area contributed by atoms with E-state index in [2.05, 4.69) is 89.8 Å². The Hall–Kier alpha value is -2.40. The lowest BCUT2D eigenvalue weighted by molar-refractivity contribution is 0.247. The Morgan fingerprint density at radius 3 is 1.44 bits per heavy atom. The van der Waals surface area contributed by atoms with Gasteiger partial charge in [0, 0.05) is 6.42 Å². The molecule has 0 aliphatic carbocycles. The van der Waals surface area contributed by atoms with Crippen LogP contribution in [0.25, 0.3) is 0 Å². The monoisotopic (exact) mass is 362 g/mol. The number of hydrogen-bond donors (Lipinski definition) is 0. The molecule has 2 heteroatoms. The van der Waals surface area contributed by atoms with Crippen molar-refractivity contribution in [1.29, 1.82) is 0 Å². The summed E-state index contributed by atoms with van der Waals surface area (Å²) in [6.07, 6.45) is 0.834. The van der Waals surface area contributed by atoms with Gasteiger partial charge in [0.2, 0.25) is 0 Å². The van der Waals surface area contributed by atoms with E-state index in [0.29, 0.717) is 13.2 Å². The van der Waals surface area contributed by atoms with Crippen LogP contribution in [-0.4, -0.2) is 13.2 Å². The van der Waals surface area contributed by atoms with Gasteiger partial charge >= 0.3 is 0 Å². The van der Waals surface area contributed by atoms with Crippen LogP contribution in [0, 0.1) is 11.8 Å². The van der Waals surface area contributed by atoms with E-state index in [-0.39, 0.29) is 10.8 Å². The largest absolute Gasteiger partial charge is 0.492 e. The summed E-state index contributed by atoms with van der Waals surface area (Å²) in [7, 11) is 0. The summed E-state index contributed by atoms with van der Waals surface area (Å²) in [5.41, 5.74) is 4.54. The third-order valence-electron chi connectivity index (χ3n) is 4.83. The Balaban J connectivity index is 2.11. The summed E-state index contributed by atoms with van der Waals surface area (Å²) in [6.45, 7) is 14.5. The van der Waals surface area contributed by atoms with Crippen molar-refractivity contribution >= 4 is 0 Å². The lowest BCUT2D eigenvalue weighted by atomic mass is 9.85. The van der Waals surface area contributed by atoms with Crippen LogP contribution in [0.3, 0.4) is 0 Å². The topological polar surface area (TPSA) is 18.5 Å². The van der Waals surface area contributed by atoms with E-state index >= 15 is 0 Å². The van der Waals surface area contributed by atoms with Crippen LogP contribution in [0.5, 0.6) is 11.5 Å². The quantitative estimate of drug-likeness (QED) is 0.548. The third-order valence-corrected chi connectivity index (χ3v) is 4.83. The Morgan fingerprint density at radius 1 is 0.667 bits per heavy atom. The van der Waals surface area contributed by atoms with Gasteiger partial charge in [0.05, 0.1) is 24.3 Å². The highest BCUT2D eigenvalue weighted by atomic mass is 16.5. The maximum absolute atomic E-state index is 5.98. The minimum Gasteiger partial charge on any atom is -0.492 e. The maximum Gasteiger partial charge on any atom is 0.134 e. The average Bonchev–Trinajstić information content (AvgIpc) is 2.62. The predicted molar refractivity (Wildman–Crippen MR) is 112 cm³/mol. The van der Waals surface area contributed by atoms with Crippen molar-refractivity contribution in [1.82, 2.24) is 0 Å². The first-order valence-corrected chi connectivity index (χ1v) is 9.71. The maximum atomic E-state index is 5.98. The van der Waals surface area contributed by atoms with Gasteiger partial charge in [-0.1, -0.05) is 65.5 Å². The van der Waals surface area contributed by atoms with Gasteiger partial charge < -0.3 is 9.47 Å². The lowest BCUT2D eigenvalue weighted by Crippen LogP contribution is -2.12. The fraction of sp³-hybridized carbons (Fsp3) is 0.440. The van der Waals surface area contributed by atoms with Gasteiger partial charge in [-0.15, -0.1) is 0 Å². The number of fused-ring (bicyclic) bond motifs is 2. The van der Waals surface area contributed by atoms with Crippen molar-refractivity contribution < 1.29 is 9.47 Å². The molecule has 2 aromatic carbocycles. The molecule has 1 aliphatic rings. The second-order valence-corrected chi connectivity index (χ2v) is 9.22. The van der Waals surface area contributed by atoms with Crippen molar-refractivity contribution in [2.75, 3.05) is 13.2 Å². The second-order valence-electron chi connectivity index (χ2n) is 9.22. The van der Waals surface area contributed by atoms with Crippen LogP contribution in [-0.2, 0) is 10.8 Å². The highest BCUT2D eigenvalue weighted by molar-refractivity contribution is 5.56. The summed E-state index contributed by atoms with van der Waals surface area (Å²) < 4.78 is 12.0. The molecule has 0 atom stereocenters. The Kier molecular flexibility index (Phi) is 5.24. The third kappa shape index (κ3) is 4.66. The zero-order valence-corrected chi connectivity index (χ0v) is 17.4. The second kappa shape index (κ2) is 7.31. The van der Waals surface area contributed by atoms with Gasteiger partial charge in [-0.3, -0.25) is 0 Å². The van der Waals surface area contributed by atoms with Crippen LogP contribution < -0.4 is 9.47 Å². The molecule has 27 heavy (non-hydrogen) atoms. The van der Waals surface area contributed by atoms with Gasteiger partial charge in [-0.2, -0.15) is 0 Å². The number of benzene rings is 2. The van der Waals surface area contributed by atoms with E-state index in [4.69, 9.17) is 9.47 Å². The molecule has 0 N–H and O–H groups in total. The zero-order valence-electron chi connectivity index (χ0n) is 17.4. The zero-order chi connectivity index (χ0) is 19.7. The summed E-state index contributed by atoms with van der Waals surface area (Å²) in [5, 5.41) is 0. The van der Waals surface area contributed by atoms with E-state index in [1.165, 1.54) is 11.1 Å². The van der Waals surface area contributed by atoms with Gasteiger partial charge in [-0.25, -0.2) is 0 Å². The Morgan fingerprint density at radius 2 is 1.07 bits per heavy atom. The molecule has 0 unspecified atom stereocenters. The molecule has 2 aromatic rings. The number of rotatable bonds is 0. The molecular weight excluding hydrogens is 332 g/mol. The van der Waals surface area contributed by atoms with E-state index in [9.17, 15) is 0 Å². The summed E-state index contributed by atoms with van der Waals surface area (Å²) in [5.74, 6) is 8.41. The van der Waals surface area contributed by atoms with Crippen LogP contribution >= 0.6 is 0 Å². The Bertz CT molecular complexity index is 812. The first kappa shape index (κ1) is 19.4. The summed E-state index contributed by atoms with van der Waals surface area (Å²) in [6, 6.07) is 12.7. The van der Waals surface area contributed by atoms with Crippen molar-refractivity contribution in [3.63, 3.8) is 0 Å². The van der Waals surface area contributed by atoms with Crippen molar-refractivity contribution in [2.24, 2.45) is 0 Å². The first-order valence-electron chi connectivity index (χ1n) is 9.71. The molecule has 0 spiro atoms. The highest BCUT2D eigenvalue weighted by Crippen LogP contribution is 2.30. The molecule has 0 saturated carbocycles. The molecule has 2 nitrogen and oxygen atoms in total. The van der Waals surface area contributed by atoms with E-state index < -0.39 is 0 Å². The normalized spacial score (nSPS) is 14.4. The molecule has 1 heterocycles. The van der Waals surface area contributed by atoms with Crippen LogP contribution in [0.4, 0.5) is 0 Å². The van der Waals surface area contributed by atoms with Crippen molar-refractivity contribution in [3.8, 4) is 23.3 Å². The SMILES string of the molecule is CC(C)(C)c1ccc2c(c1)C#Cc1cc(C(C)(C)C)ccc1OCCCO2. The van der Waals surface area contributed by atoms with Crippen LogP contribution in [0.15, 0.2) is 36.4 Å². The number of ether oxygens (including phenoxy) is 2. The van der Waals surface area contributed by atoms with E-state index in [1.54, 1.807) is 0 Å². The minimum absolute atomic E-state index is 0.0728. The van der Waals surface area contributed by atoms with Gasteiger partial charge in [-0.05, 0) is 46.2 Å². The molecule has 1 aliphatic heterocycles.